The monoisotopic (exact) mass is 286 g/mol. The van der Waals surface area contributed by atoms with Gasteiger partial charge in [0.25, 0.3) is 0 Å². The molecule has 6 heteroatoms. The third kappa shape index (κ3) is 2.51. The van der Waals surface area contributed by atoms with Gasteiger partial charge in [-0.1, -0.05) is 15.9 Å². The van der Waals surface area contributed by atoms with E-state index in [2.05, 4.69) is 21.2 Å². The number of nitrogens with zero attached hydrogens (tertiary/aromatic N) is 1. The van der Waals surface area contributed by atoms with Crippen LogP contribution in [0.4, 0.5) is 5.69 Å². The van der Waals surface area contributed by atoms with Gasteiger partial charge < -0.3 is 10.1 Å². The predicted octanol–water partition coefficient (Wildman–Crippen LogP) is 1.96. The van der Waals surface area contributed by atoms with Gasteiger partial charge in [-0.2, -0.15) is 0 Å². The van der Waals surface area contributed by atoms with Crippen molar-refractivity contribution in [1.29, 1.82) is 0 Å². The zero-order valence-electron chi connectivity index (χ0n) is 8.48. The fraction of sp³-hybridized carbons (Fsp3) is 0.400. The Bertz CT molecular complexity index is 407. The molecule has 0 saturated carbocycles. The summed E-state index contributed by atoms with van der Waals surface area (Å²) in [6.45, 7) is 2.36. The number of rotatable bonds is 4. The van der Waals surface area contributed by atoms with E-state index in [0.29, 0.717) is 18.3 Å². The first-order chi connectivity index (χ1) is 7.66. The van der Waals surface area contributed by atoms with E-state index in [1.807, 2.05) is 0 Å². The molecule has 1 fully saturated rings. The number of ether oxygens (including phenoxy) is 1. The van der Waals surface area contributed by atoms with E-state index in [1.54, 1.807) is 12.1 Å². The van der Waals surface area contributed by atoms with Gasteiger partial charge in [-0.05, 0) is 6.07 Å². The zero-order chi connectivity index (χ0) is 11.5. The van der Waals surface area contributed by atoms with E-state index in [4.69, 9.17) is 4.74 Å². The molecular formula is C10H11BrN2O3. The summed E-state index contributed by atoms with van der Waals surface area (Å²) in [5.74, 6) is 0.782. The van der Waals surface area contributed by atoms with Crippen LogP contribution in [0.25, 0.3) is 0 Å². The van der Waals surface area contributed by atoms with Crippen LogP contribution in [0.1, 0.15) is 0 Å². The van der Waals surface area contributed by atoms with Crippen molar-refractivity contribution in [3.05, 3.63) is 32.8 Å². The van der Waals surface area contributed by atoms with Crippen LogP contribution in [-0.2, 0) is 0 Å². The van der Waals surface area contributed by atoms with Gasteiger partial charge in [0, 0.05) is 35.6 Å². The van der Waals surface area contributed by atoms with Crippen LogP contribution < -0.4 is 10.1 Å². The highest BCUT2D eigenvalue weighted by Gasteiger charge is 2.20. The summed E-state index contributed by atoms with van der Waals surface area (Å²) < 4.78 is 6.25. The Balaban J connectivity index is 2.09. The quantitative estimate of drug-likeness (QED) is 0.679. The first-order valence-electron chi connectivity index (χ1n) is 4.94. The summed E-state index contributed by atoms with van der Waals surface area (Å²) in [4.78, 5) is 10.3. The van der Waals surface area contributed by atoms with E-state index < -0.39 is 4.92 Å². The topological polar surface area (TPSA) is 64.4 Å². The number of hydrogen-bond acceptors (Lipinski definition) is 4. The Kier molecular flexibility index (Phi) is 3.40. The molecule has 0 atom stereocenters. The van der Waals surface area contributed by atoms with Crippen molar-refractivity contribution in [2.45, 2.75) is 0 Å². The fourth-order valence-corrected chi connectivity index (χ4v) is 1.77. The van der Waals surface area contributed by atoms with Crippen LogP contribution in [-0.4, -0.2) is 24.6 Å². The molecule has 0 unspecified atom stereocenters. The molecule has 0 amide bonds. The Morgan fingerprint density at radius 2 is 2.31 bits per heavy atom. The van der Waals surface area contributed by atoms with Crippen molar-refractivity contribution in [1.82, 2.24) is 5.32 Å². The molecule has 1 aliphatic heterocycles. The summed E-state index contributed by atoms with van der Waals surface area (Å²) in [6, 6.07) is 4.71. The molecule has 0 aliphatic carbocycles. The maximum Gasteiger partial charge on any atom is 0.310 e. The highest BCUT2D eigenvalue weighted by atomic mass is 79.9. The number of nitro groups is 1. The van der Waals surface area contributed by atoms with Gasteiger partial charge in [0.05, 0.1) is 11.5 Å². The summed E-state index contributed by atoms with van der Waals surface area (Å²) in [5, 5.41) is 13.9. The molecule has 2 rings (SSSR count). The van der Waals surface area contributed by atoms with Gasteiger partial charge in [0.2, 0.25) is 0 Å². The first kappa shape index (κ1) is 11.3. The molecule has 1 aromatic rings. The summed E-state index contributed by atoms with van der Waals surface area (Å²) >= 11 is 3.27. The smallest absolute Gasteiger partial charge is 0.310 e. The van der Waals surface area contributed by atoms with Crippen LogP contribution in [0.5, 0.6) is 5.75 Å². The molecule has 1 saturated heterocycles. The molecule has 0 radical (unpaired) electrons. The van der Waals surface area contributed by atoms with Gasteiger partial charge in [-0.25, -0.2) is 0 Å². The Morgan fingerprint density at radius 3 is 2.88 bits per heavy atom. The minimum Gasteiger partial charge on any atom is -0.486 e. The lowest BCUT2D eigenvalue weighted by Gasteiger charge is -2.26. The standard InChI is InChI=1S/C10H11BrN2O3/c11-8-1-2-9(13(14)15)10(3-8)16-6-7-4-12-5-7/h1-3,7,12H,4-6H2. The highest BCUT2D eigenvalue weighted by Crippen LogP contribution is 2.30. The number of benzene rings is 1. The Labute approximate surface area is 101 Å². The third-order valence-corrected chi connectivity index (χ3v) is 2.95. The van der Waals surface area contributed by atoms with Gasteiger partial charge in [0.1, 0.15) is 0 Å². The van der Waals surface area contributed by atoms with E-state index in [-0.39, 0.29) is 5.69 Å². The molecule has 1 aromatic carbocycles. The van der Waals surface area contributed by atoms with Gasteiger partial charge in [-0.3, -0.25) is 10.1 Å². The van der Waals surface area contributed by atoms with Crippen LogP contribution in [0, 0.1) is 16.0 Å². The third-order valence-electron chi connectivity index (χ3n) is 2.46. The van der Waals surface area contributed by atoms with Crippen molar-refractivity contribution < 1.29 is 9.66 Å². The Morgan fingerprint density at radius 1 is 1.56 bits per heavy atom. The van der Waals surface area contributed by atoms with E-state index >= 15 is 0 Å². The molecule has 1 N–H and O–H groups in total. The van der Waals surface area contributed by atoms with Gasteiger partial charge >= 0.3 is 5.69 Å². The second-order valence-electron chi connectivity index (χ2n) is 3.70. The average molecular weight is 287 g/mol. The molecule has 5 nitrogen and oxygen atoms in total. The lowest BCUT2D eigenvalue weighted by molar-refractivity contribution is -0.385. The van der Waals surface area contributed by atoms with Crippen molar-refractivity contribution in [3.8, 4) is 5.75 Å². The minimum absolute atomic E-state index is 0.00971. The average Bonchev–Trinajstić information content (AvgIpc) is 2.14. The number of hydrogen-bond donors (Lipinski definition) is 1. The molecule has 1 aliphatic rings. The van der Waals surface area contributed by atoms with Crippen molar-refractivity contribution in [3.63, 3.8) is 0 Å². The van der Waals surface area contributed by atoms with Crippen LogP contribution in [0.3, 0.4) is 0 Å². The summed E-state index contributed by atoms with van der Waals surface area (Å²) in [7, 11) is 0. The SMILES string of the molecule is O=[N+]([O-])c1ccc(Br)cc1OCC1CNC1. The largest absolute Gasteiger partial charge is 0.486 e. The van der Waals surface area contributed by atoms with E-state index in [1.165, 1.54) is 6.07 Å². The molecule has 16 heavy (non-hydrogen) atoms. The van der Waals surface area contributed by atoms with E-state index in [0.717, 1.165) is 17.6 Å². The summed E-state index contributed by atoms with van der Waals surface area (Å²) in [5.41, 5.74) is 0.00971. The maximum atomic E-state index is 10.8. The number of nitrogens with one attached hydrogen (secondary N) is 1. The fourth-order valence-electron chi connectivity index (χ4n) is 1.43. The van der Waals surface area contributed by atoms with Crippen LogP contribution in [0.15, 0.2) is 22.7 Å². The zero-order valence-corrected chi connectivity index (χ0v) is 10.1. The van der Waals surface area contributed by atoms with Gasteiger partial charge in [-0.15, -0.1) is 0 Å². The second-order valence-corrected chi connectivity index (χ2v) is 4.62. The molecule has 1 heterocycles. The predicted molar refractivity (Wildman–Crippen MR) is 62.7 cm³/mol. The van der Waals surface area contributed by atoms with E-state index in [9.17, 15) is 10.1 Å². The second kappa shape index (κ2) is 4.80. The highest BCUT2D eigenvalue weighted by molar-refractivity contribution is 9.10. The summed E-state index contributed by atoms with van der Waals surface area (Å²) in [6.07, 6.45) is 0. The molecule has 0 spiro atoms. The lowest BCUT2D eigenvalue weighted by Crippen LogP contribution is -2.45. The Hall–Kier alpha value is -1.14. The molecule has 0 bridgehead atoms. The van der Waals surface area contributed by atoms with Gasteiger partial charge in [0.15, 0.2) is 5.75 Å². The van der Waals surface area contributed by atoms with Crippen LogP contribution in [0.2, 0.25) is 0 Å². The first-order valence-corrected chi connectivity index (χ1v) is 5.73. The molecular weight excluding hydrogens is 276 g/mol. The lowest BCUT2D eigenvalue weighted by atomic mass is 10.1. The van der Waals surface area contributed by atoms with Crippen molar-refractivity contribution in [2.75, 3.05) is 19.7 Å². The maximum absolute atomic E-state index is 10.8. The molecule has 86 valence electrons. The number of nitro benzene ring substituents is 1. The minimum atomic E-state index is -0.430. The normalized spacial score (nSPS) is 15.6. The van der Waals surface area contributed by atoms with Crippen molar-refractivity contribution >= 4 is 21.6 Å². The molecule has 0 aromatic heterocycles. The number of halogens is 1. The van der Waals surface area contributed by atoms with Crippen molar-refractivity contribution in [2.24, 2.45) is 5.92 Å². The van der Waals surface area contributed by atoms with Crippen LogP contribution >= 0.6 is 15.9 Å².